The molecule has 0 saturated carbocycles. The maximum absolute atomic E-state index is 13.1. The standard InChI is InChI=1S/C21H19FN2O2/c1-13(2)16-5-3-4-6-18(16)23-21-17(11-12-19(25)24-21)20(26)14-7-9-15(22)10-8-14/h3-13H,1-2H3,(H2,23,24,25). The highest BCUT2D eigenvalue weighted by Gasteiger charge is 2.16. The molecule has 0 unspecified atom stereocenters. The lowest BCUT2D eigenvalue weighted by Crippen LogP contribution is -2.14. The van der Waals surface area contributed by atoms with Gasteiger partial charge in [-0.25, -0.2) is 4.39 Å². The molecule has 1 aromatic heterocycles. The van der Waals surface area contributed by atoms with Gasteiger partial charge in [0, 0.05) is 17.3 Å². The van der Waals surface area contributed by atoms with Crippen molar-refractivity contribution in [1.82, 2.24) is 4.98 Å². The van der Waals surface area contributed by atoms with E-state index in [1.165, 1.54) is 36.4 Å². The van der Waals surface area contributed by atoms with Crippen LogP contribution in [0.2, 0.25) is 0 Å². The molecule has 4 nitrogen and oxygen atoms in total. The van der Waals surface area contributed by atoms with Crippen molar-refractivity contribution in [2.24, 2.45) is 0 Å². The highest BCUT2D eigenvalue weighted by molar-refractivity contribution is 6.12. The summed E-state index contributed by atoms with van der Waals surface area (Å²) in [6.45, 7) is 4.14. The predicted molar refractivity (Wildman–Crippen MR) is 101 cm³/mol. The molecular weight excluding hydrogens is 331 g/mol. The molecule has 26 heavy (non-hydrogen) atoms. The lowest BCUT2D eigenvalue weighted by atomic mass is 10.0. The zero-order valence-corrected chi connectivity index (χ0v) is 14.5. The summed E-state index contributed by atoms with van der Waals surface area (Å²) in [6, 6.07) is 15.8. The first-order valence-electron chi connectivity index (χ1n) is 8.35. The Kier molecular flexibility index (Phi) is 4.98. The molecule has 2 aromatic carbocycles. The summed E-state index contributed by atoms with van der Waals surface area (Å²) in [5, 5.41) is 3.17. The van der Waals surface area contributed by atoms with Gasteiger partial charge < -0.3 is 10.3 Å². The van der Waals surface area contributed by atoms with Crippen LogP contribution in [0, 0.1) is 5.82 Å². The fourth-order valence-electron chi connectivity index (χ4n) is 2.77. The third-order valence-corrected chi connectivity index (χ3v) is 4.11. The fourth-order valence-corrected chi connectivity index (χ4v) is 2.77. The molecule has 0 atom stereocenters. The Bertz CT molecular complexity index is 991. The lowest BCUT2D eigenvalue weighted by molar-refractivity contribution is 0.103. The van der Waals surface area contributed by atoms with Crippen molar-refractivity contribution in [3.8, 4) is 0 Å². The summed E-state index contributed by atoms with van der Waals surface area (Å²) < 4.78 is 13.1. The van der Waals surface area contributed by atoms with Crippen LogP contribution in [0.25, 0.3) is 0 Å². The number of aromatic nitrogens is 1. The molecule has 3 aromatic rings. The molecule has 0 bridgehead atoms. The van der Waals surface area contributed by atoms with Gasteiger partial charge in [-0.1, -0.05) is 32.0 Å². The molecule has 0 radical (unpaired) electrons. The molecule has 5 heteroatoms. The van der Waals surface area contributed by atoms with E-state index in [0.29, 0.717) is 16.9 Å². The Balaban J connectivity index is 2.03. The minimum Gasteiger partial charge on any atom is -0.341 e. The number of halogens is 1. The van der Waals surface area contributed by atoms with Gasteiger partial charge in [0.2, 0.25) is 5.56 Å². The van der Waals surface area contributed by atoms with E-state index >= 15 is 0 Å². The Labute approximate surface area is 150 Å². The van der Waals surface area contributed by atoms with E-state index in [9.17, 15) is 14.0 Å². The summed E-state index contributed by atoms with van der Waals surface area (Å²) in [4.78, 5) is 27.3. The second kappa shape index (κ2) is 7.35. The van der Waals surface area contributed by atoms with Gasteiger partial charge in [0.15, 0.2) is 5.78 Å². The third kappa shape index (κ3) is 3.72. The number of hydrogen-bond donors (Lipinski definition) is 2. The summed E-state index contributed by atoms with van der Waals surface area (Å²) in [5.41, 5.74) is 2.23. The first-order chi connectivity index (χ1) is 12.5. The summed E-state index contributed by atoms with van der Waals surface area (Å²) in [6.07, 6.45) is 0. The van der Waals surface area contributed by atoms with Crippen LogP contribution in [0.15, 0.2) is 65.5 Å². The van der Waals surface area contributed by atoms with Crippen LogP contribution in [0.3, 0.4) is 0 Å². The van der Waals surface area contributed by atoms with Gasteiger partial charge in [0.25, 0.3) is 0 Å². The van der Waals surface area contributed by atoms with Gasteiger partial charge in [0.1, 0.15) is 11.6 Å². The average Bonchev–Trinajstić information content (AvgIpc) is 2.62. The summed E-state index contributed by atoms with van der Waals surface area (Å²) in [5.74, 6) is -0.122. The number of ketones is 1. The number of aromatic amines is 1. The predicted octanol–water partition coefficient (Wildman–Crippen LogP) is 4.61. The number of hydrogen-bond acceptors (Lipinski definition) is 3. The number of nitrogens with one attached hydrogen (secondary N) is 2. The van der Waals surface area contributed by atoms with Crippen LogP contribution < -0.4 is 10.9 Å². The van der Waals surface area contributed by atoms with Gasteiger partial charge in [-0.15, -0.1) is 0 Å². The van der Waals surface area contributed by atoms with Crippen molar-refractivity contribution < 1.29 is 9.18 Å². The zero-order valence-electron chi connectivity index (χ0n) is 14.5. The first-order valence-corrected chi connectivity index (χ1v) is 8.35. The molecule has 0 amide bonds. The number of carbonyl (C=O) groups is 1. The van der Waals surface area contributed by atoms with E-state index in [-0.39, 0.29) is 17.3 Å². The fraction of sp³-hybridized carbons (Fsp3) is 0.143. The van der Waals surface area contributed by atoms with E-state index < -0.39 is 5.82 Å². The van der Waals surface area contributed by atoms with E-state index in [0.717, 1.165) is 11.3 Å². The van der Waals surface area contributed by atoms with Crippen LogP contribution in [0.5, 0.6) is 0 Å². The first kappa shape index (κ1) is 17.6. The van der Waals surface area contributed by atoms with Crippen molar-refractivity contribution >= 4 is 17.3 Å². The number of H-pyrrole nitrogens is 1. The number of pyridine rings is 1. The molecule has 3 rings (SSSR count). The largest absolute Gasteiger partial charge is 0.341 e. The van der Waals surface area contributed by atoms with Crippen molar-refractivity contribution in [2.45, 2.75) is 19.8 Å². The van der Waals surface area contributed by atoms with E-state index in [1.54, 1.807) is 0 Å². The van der Waals surface area contributed by atoms with Crippen molar-refractivity contribution in [3.05, 3.63) is 93.5 Å². The van der Waals surface area contributed by atoms with E-state index in [1.807, 2.05) is 24.3 Å². The van der Waals surface area contributed by atoms with E-state index in [4.69, 9.17) is 0 Å². The molecule has 2 N–H and O–H groups in total. The van der Waals surface area contributed by atoms with Crippen molar-refractivity contribution in [1.29, 1.82) is 0 Å². The van der Waals surface area contributed by atoms with Crippen molar-refractivity contribution in [2.75, 3.05) is 5.32 Å². The highest BCUT2D eigenvalue weighted by Crippen LogP contribution is 2.27. The molecule has 1 heterocycles. The topological polar surface area (TPSA) is 62.0 Å². The number of rotatable bonds is 5. The van der Waals surface area contributed by atoms with Crippen molar-refractivity contribution in [3.63, 3.8) is 0 Å². The molecule has 0 aliphatic carbocycles. The number of para-hydroxylation sites is 1. The van der Waals surface area contributed by atoms with Gasteiger partial charge in [-0.2, -0.15) is 0 Å². The van der Waals surface area contributed by atoms with E-state index in [2.05, 4.69) is 24.1 Å². The lowest BCUT2D eigenvalue weighted by Gasteiger charge is -2.16. The normalized spacial score (nSPS) is 10.8. The molecule has 132 valence electrons. The second-order valence-electron chi connectivity index (χ2n) is 6.31. The quantitative estimate of drug-likeness (QED) is 0.661. The zero-order chi connectivity index (χ0) is 18.7. The average molecular weight is 350 g/mol. The maximum atomic E-state index is 13.1. The van der Waals surface area contributed by atoms with Gasteiger partial charge in [0.05, 0.1) is 5.56 Å². The number of carbonyl (C=O) groups excluding carboxylic acids is 1. The molecule has 0 spiro atoms. The summed E-state index contributed by atoms with van der Waals surface area (Å²) >= 11 is 0. The third-order valence-electron chi connectivity index (χ3n) is 4.11. The van der Waals surface area contributed by atoms with Crippen LogP contribution in [0.1, 0.15) is 41.3 Å². The maximum Gasteiger partial charge on any atom is 0.249 e. The van der Waals surface area contributed by atoms with Crippen LogP contribution in [0.4, 0.5) is 15.9 Å². The number of anilines is 2. The summed E-state index contributed by atoms with van der Waals surface area (Å²) in [7, 11) is 0. The Morgan fingerprint density at radius 3 is 2.38 bits per heavy atom. The van der Waals surface area contributed by atoms with Crippen LogP contribution in [-0.2, 0) is 0 Å². The minimum atomic E-state index is -0.410. The Morgan fingerprint density at radius 1 is 1.00 bits per heavy atom. The van der Waals surface area contributed by atoms with Crippen LogP contribution >= 0.6 is 0 Å². The van der Waals surface area contributed by atoms with Gasteiger partial charge in [-0.3, -0.25) is 9.59 Å². The molecular formula is C21H19FN2O2. The second-order valence-corrected chi connectivity index (χ2v) is 6.31. The Hall–Kier alpha value is -3.21. The molecule has 0 aliphatic heterocycles. The van der Waals surface area contributed by atoms with Gasteiger partial charge in [-0.05, 0) is 47.9 Å². The van der Waals surface area contributed by atoms with Gasteiger partial charge >= 0.3 is 0 Å². The molecule has 0 aliphatic rings. The van der Waals surface area contributed by atoms with Crippen LogP contribution in [-0.4, -0.2) is 10.8 Å². The molecule has 0 saturated heterocycles. The monoisotopic (exact) mass is 350 g/mol. The highest BCUT2D eigenvalue weighted by atomic mass is 19.1. The minimum absolute atomic E-state index is 0.269. The Morgan fingerprint density at radius 2 is 1.69 bits per heavy atom. The smallest absolute Gasteiger partial charge is 0.249 e. The SMILES string of the molecule is CC(C)c1ccccc1Nc1[nH]c(=O)ccc1C(=O)c1ccc(F)cc1. The molecule has 0 fully saturated rings. The number of benzene rings is 2.